The van der Waals surface area contributed by atoms with Crippen LogP contribution in [0.25, 0.3) is 6.08 Å². The average molecular weight is 323 g/mol. The van der Waals surface area contributed by atoms with E-state index in [9.17, 15) is 9.18 Å². The Morgan fingerprint density at radius 3 is 2.57 bits per heavy atom. The largest absolute Gasteiger partial charge is 0.376 e. The summed E-state index contributed by atoms with van der Waals surface area (Å²) in [5, 5.41) is 0. The summed E-state index contributed by atoms with van der Waals surface area (Å²) in [5.74, 6) is -0.486. The molecule has 0 aromatic heterocycles. The van der Waals surface area contributed by atoms with Crippen molar-refractivity contribution in [2.75, 3.05) is 34.5 Å². The summed E-state index contributed by atoms with van der Waals surface area (Å²) < 4.78 is 29.2. The topological polar surface area (TPSA) is 48.0 Å². The van der Waals surface area contributed by atoms with Crippen molar-refractivity contribution in [2.45, 2.75) is 18.2 Å². The van der Waals surface area contributed by atoms with Gasteiger partial charge < -0.3 is 19.1 Å². The predicted molar refractivity (Wildman–Crippen MR) is 84.4 cm³/mol. The van der Waals surface area contributed by atoms with Gasteiger partial charge in [0, 0.05) is 27.3 Å². The van der Waals surface area contributed by atoms with Gasteiger partial charge >= 0.3 is 0 Å². The summed E-state index contributed by atoms with van der Waals surface area (Å²) in [6.45, 7) is 0.837. The fraction of sp³-hybridized carbons (Fsp3) is 0.471. The Morgan fingerprint density at radius 1 is 1.26 bits per heavy atom. The quantitative estimate of drug-likeness (QED) is 0.774. The molecular formula is C17H22FNO4. The Labute approximate surface area is 135 Å². The summed E-state index contributed by atoms with van der Waals surface area (Å²) in [4.78, 5) is 13.9. The van der Waals surface area contributed by atoms with E-state index in [-0.39, 0.29) is 30.0 Å². The molecule has 0 unspecified atom stereocenters. The average Bonchev–Trinajstić information content (AvgIpc) is 2.59. The molecule has 1 aliphatic rings. The molecule has 6 heteroatoms. The number of likely N-dealkylation sites (N-methyl/N-ethyl adjacent to an activating group) is 1. The standard InChI is InChI=1S/C17H22FNO4/c1-19(14-10-23-11-15(21-2)17(14)22-3)16(20)9-6-12-4-7-13(18)8-5-12/h4-9,14-15,17H,10-11H2,1-3H3/b9-6+/t14-,15-,17+/m1/s1. The fourth-order valence-electron chi connectivity index (χ4n) is 2.61. The Balaban J connectivity index is 2.04. The zero-order chi connectivity index (χ0) is 16.8. The summed E-state index contributed by atoms with van der Waals surface area (Å²) in [5.41, 5.74) is 0.756. The van der Waals surface area contributed by atoms with E-state index in [0.29, 0.717) is 13.2 Å². The van der Waals surface area contributed by atoms with Crippen molar-refractivity contribution in [3.05, 3.63) is 41.7 Å². The van der Waals surface area contributed by atoms with E-state index >= 15 is 0 Å². The van der Waals surface area contributed by atoms with Gasteiger partial charge in [0.15, 0.2) is 0 Å². The van der Waals surface area contributed by atoms with Crippen LogP contribution in [0.5, 0.6) is 0 Å². The number of carbonyl (C=O) groups excluding carboxylic acids is 1. The third-order valence-electron chi connectivity index (χ3n) is 4.02. The molecule has 0 bridgehead atoms. The molecule has 1 aromatic carbocycles. The number of methoxy groups -OCH3 is 2. The minimum Gasteiger partial charge on any atom is -0.376 e. The normalized spacial score (nSPS) is 24.8. The minimum absolute atomic E-state index is 0.179. The SMILES string of the molecule is CO[C@H]1[C@H](N(C)C(=O)/C=C/c2ccc(F)cc2)COC[C@H]1OC. The maximum atomic E-state index is 12.9. The van der Waals surface area contributed by atoms with Gasteiger partial charge in [0.05, 0.1) is 19.3 Å². The zero-order valence-corrected chi connectivity index (χ0v) is 13.6. The van der Waals surface area contributed by atoms with Crippen molar-refractivity contribution in [1.29, 1.82) is 0 Å². The highest BCUT2D eigenvalue weighted by molar-refractivity contribution is 5.91. The first-order chi connectivity index (χ1) is 11.1. The van der Waals surface area contributed by atoms with Gasteiger partial charge in [-0.2, -0.15) is 0 Å². The lowest BCUT2D eigenvalue weighted by Gasteiger charge is -2.40. The predicted octanol–water partition coefficient (Wildman–Crippen LogP) is 1.73. The smallest absolute Gasteiger partial charge is 0.246 e. The summed E-state index contributed by atoms with van der Waals surface area (Å²) in [7, 11) is 4.90. The number of ether oxygens (including phenoxy) is 3. The molecule has 2 rings (SSSR count). The van der Waals surface area contributed by atoms with E-state index in [4.69, 9.17) is 14.2 Å². The van der Waals surface area contributed by atoms with Gasteiger partial charge in [-0.05, 0) is 23.8 Å². The summed E-state index contributed by atoms with van der Waals surface area (Å²) in [6, 6.07) is 5.70. The third kappa shape index (κ3) is 4.37. The molecule has 3 atom stereocenters. The van der Waals surface area contributed by atoms with Crippen LogP contribution in [0.1, 0.15) is 5.56 Å². The lowest BCUT2D eigenvalue weighted by Crippen LogP contribution is -2.57. The summed E-state index contributed by atoms with van der Waals surface area (Å²) >= 11 is 0. The van der Waals surface area contributed by atoms with Gasteiger partial charge in [-0.25, -0.2) is 4.39 Å². The molecular weight excluding hydrogens is 301 g/mol. The first-order valence-electron chi connectivity index (χ1n) is 7.40. The Hall–Kier alpha value is -1.76. The number of hydrogen-bond donors (Lipinski definition) is 0. The number of hydrogen-bond acceptors (Lipinski definition) is 4. The van der Waals surface area contributed by atoms with Gasteiger partial charge in [0.1, 0.15) is 18.0 Å². The van der Waals surface area contributed by atoms with E-state index in [0.717, 1.165) is 5.56 Å². The van der Waals surface area contributed by atoms with Crippen molar-refractivity contribution < 1.29 is 23.4 Å². The molecule has 1 aliphatic heterocycles. The minimum atomic E-state index is -0.307. The van der Waals surface area contributed by atoms with Gasteiger partial charge in [-0.1, -0.05) is 12.1 Å². The molecule has 0 aliphatic carbocycles. The maximum Gasteiger partial charge on any atom is 0.246 e. The number of rotatable bonds is 5. The van der Waals surface area contributed by atoms with Crippen molar-refractivity contribution in [1.82, 2.24) is 4.90 Å². The Morgan fingerprint density at radius 2 is 1.96 bits per heavy atom. The molecule has 0 radical (unpaired) electrons. The van der Waals surface area contributed by atoms with Crippen LogP contribution in [0, 0.1) is 5.82 Å². The molecule has 126 valence electrons. The second-order valence-corrected chi connectivity index (χ2v) is 5.41. The molecule has 1 aromatic rings. The van der Waals surface area contributed by atoms with Crippen molar-refractivity contribution in [3.8, 4) is 0 Å². The van der Waals surface area contributed by atoms with Crippen LogP contribution in [0.15, 0.2) is 30.3 Å². The maximum absolute atomic E-state index is 12.9. The second-order valence-electron chi connectivity index (χ2n) is 5.41. The van der Waals surface area contributed by atoms with Gasteiger partial charge in [0.25, 0.3) is 0 Å². The van der Waals surface area contributed by atoms with Crippen LogP contribution < -0.4 is 0 Å². The number of halogens is 1. The number of carbonyl (C=O) groups is 1. The molecule has 5 nitrogen and oxygen atoms in total. The number of nitrogens with zero attached hydrogens (tertiary/aromatic N) is 1. The molecule has 0 saturated carbocycles. The van der Waals surface area contributed by atoms with Gasteiger partial charge in [0.2, 0.25) is 5.91 Å². The highest BCUT2D eigenvalue weighted by atomic mass is 19.1. The molecule has 23 heavy (non-hydrogen) atoms. The molecule has 0 spiro atoms. The highest BCUT2D eigenvalue weighted by Gasteiger charge is 2.38. The summed E-state index contributed by atoms with van der Waals surface area (Å²) in [6.07, 6.45) is 2.64. The van der Waals surface area contributed by atoms with Crippen LogP contribution in [-0.4, -0.2) is 63.5 Å². The lowest BCUT2D eigenvalue weighted by atomic mass is 10.0. The highest BCUT2D eigenvalue weighted by Crippen LogP contribution is 2.19. The van der Waals surface area contributed by atoms with E-state index in [1.54, 1.807) is 44.4 Å². The van der Waals surface area contributed by atoms with Crippen molar-refractivity contribution in [3.63, 3.8) is 0 Å². The van der Waals surface area contributed by atoms with Crippen LogP contribution >= 0.6 is 0 Å². The Bertz CT molecular complexity index is 546. The van der Waals surface area contributed by atoms with Crippen LogP contribution in [0.2, 0.25) is 0 Å². The first-order valence-corrected chi connectivity index (χ1v) is 7.40. The van der Waals surface area contributed by atoms with E-state index in [1.807, 2.05) is 0 Å². The van der Waals surface area contributed by atoms with Crippen LogP contribution in [0.4, 0.5) is 4.39 Å². The monoisotopic (exact) mass is 323 g/mol. The number of amides is 1. The third-order valence-corrected chi connectivity index (χ3v) is 4.02. The lowest BCUT2D eigenvalue weighted by molar-refractivity contribution is -0.161. The zero-order valence-electron chi connectivity index (χ0n) is 13.6. The van der Waals surface area contributed by atoms with Gasteiger partial charge in [-0.3, -0.25) is 4.79 Å². The molecule has 1 amide bonds. The van der Waals surface area contributed by atoms with Crippen LogP contribution in [0.3, 0.4) is 0 Å². The van der Waals surface area contributed by atoms with Crippen molar-refractivity contribution in [2.24, 2.45) is 0 Å². The van der Waals surface area contributed by atoms with E-state index in [2.05, 4.69) is 0 Å². The first kappa shape index (κ1) is 17.6. The van der Waals surface area contributed by atoms with Gasteiger partial charge in [-0.15, -0.1) is 0 Å². The van der Waals surface area contributed by atoms with E-state index in [1.165, 1.54) is 18.2 Å². The van der Waals surface area contributed by atoms with Crippen LogP contribution in [-0.2, 0) is 19.0 Å². The number of benzene rings is 1. The second kappa shape index (κ2) is 8.19. The van der Waals surface area contributed by atoms with Crippen molar-refractivity contribution >= 4 is 12.0 Å². The molecule has 0 N–H and O–H groups in total. The Kier molecular flexibility index (Phi) is 6.27. The molecule has 1 fully saturated rings. The van der Waals surface area contributed by atoms with E-state index < -0.39 is 0 Å². The molecule has 1 saturated heterocycles. The molecule has 1 heterocycles. The fourth-order valence-corrected chi connectivity index (χ4v) is 2.61.